The minimum absolute atomic E-state index is 0.528. The number of hydrazine groups is 1. The lowest BCUT2D eigenvalue weighted by molar-refractivity contribution is 0.367. The summed E-state index contributed by atoms with van der Waals surface area (Å²) in [7, 11) is 0. The molecule has 0 bridgehead atoms. The third kappa shape index (κ3) is 0.864. The van der Waals surface area contributed by atoms with E-state index in [0.29, 0.717) is 5.54 Å². The van der Waals surface area contributed by atoms with E-state index < -0.39 is 0 Å². The maximum Gasteiger partial charge on any atom is 0.0336 e. The molecule has 1 spiro atoms. The van der Waals surface area contributed by atoms with E-state index in [9.17, 15) is 0 Å². The van der Waals surface area contributed by atoms with Gasteiger partial charge in [0.1, 0.15) is 0 Å². The SMILES string of the molecule is C1CCC2(C1)CCNN2. The van der Waals surface area contributed by atoms with Gasteiger partial charge in [0.05, 0.1) is 0 Å². The van der Waals surface area contributed by atoms with Crippen LogP contribution in [0.2, 0.25) is 0 Å². The Hall–Kier alpha value is -0.0800. The van der Waals surface area contributed by atoms with Crippen molar-refractivity contribution in [1.29, 1.82) is 0 Å². The van der Waals surface area contributed by atoms with Gasteiger partial charge in [-0.2, -0.15) is 0 Å². The van der Waals surface area contributed by atoms with E-state index in [1.807, 2.05) is 0 Å². The molecule has 1 saturated heterocycles. The summed E-state index contributed by atoms with van der Waals surface area (Å²) in [6, 6.07) is 0. The summed E-state index contributed by atoms with van der Waals surface area (Å²) in [5.74, 6) is 0. The highest BCUT2D eigenvalue weighted by molar-refractivity contribution is 4.94. The van der Waals surface area contributed by atoms with Crippen molar-refractivity contribution >= 4 is 0 Å². The molecule has 0 aromatic carbocycles. The van der Waals surface area contributed by atoms with Gasteiger partial charge in [0.2, 0.25) is 0 Å². The number of rotatable bonds is 0. The second kappa shape index (κ2) is 1.96. The molecule has 0 aromatic heterocycles. The summed E-state index contributed by atoms with van der Waals surface area (Å²) in [6.45, 7) is 1.17. The summed E-state index contributed by atoms with van der Waals surface area (Å²) < 4.78 is 0. The van der Waals surface area contributed by atoms with Gasteiger partial charge in [0, 0.05) is 12.1 Å². The predicted molar refractivity (Wildman–Crippen MR) is 37.0 cm³/mol. The molecule has 52 valence electrons. The normalized spacial score (nSPS) is 32.0. The van der Waals surface area contributed by atoms with Crippen molar-refractivity contribution in [3.05, 3.63) is 0 Å². The molecule has 1 aliphatic heterocycles. The van der Waals surface area contributed by atoms with E-state index >= 15 is 0 Å². The Morgan fingerprint density at radius 1 is 1.00 bits per heavy atom. The molecule has 2 N–H and O–H groups in total. The number of hydrogen-bond acceptors (Lipinski definition) is 2. The van der Waals surface area contributed by atoms with Crippen molar-refractivity contribution in [2.45, 2.75) is 37.6 Å². The zero-order chi connectivity index (χ0) is 6.16. The van der Waals surface area contributed by atoms with Gasteiger partial charge in [-0.25, -0.2) is 0 Å². The monoisotopic (exact) mass is 126 g/mol. The van der Waals surface area contributed by atoms with Gasteiger partial charge in [0.15, 0.2) is 0 Å². The first-order valence-electron chi connectivity index (χ1n) is 3.91. The van der Waals surface area contributed by atoms with Gasteiger partial charge in [0.25, 0.3) is 0 Å². The fourth-order valence-corrected chi connectivity index (χ4v) is 2.04. The zero-order valence-electron chi connectivity index (χ0n) is 5.74. The zero-order valence-corrected chi connectivity index (χ0v) is 5.74. The molecule has 0 radical (unpaired) electrons. The molecule has 1 aliphatic carbocycles. The molecular weight excluding hydrogens is 112 g/mol. The van der Waals surface area contributed by atoms with Crippen LogP contribution in [0.5, 0.6) is 0 Å². The van der Waals surface area contributed by atoms with Gasteiger partial charge >= 0.3 is 0 Å². The molecular formula is C7H14N2. The molecule has 2 heteroatoms. The van der Waals surface area contributed by atoms with Crippen LogP contribution in [0.25, 0.3) is 0 Å². The Bertz CT molecular complexity index is 82.0. The Balaban J connectivity index is 2.04. The van der Waals surface area contributed by atoms with Crippen molar-refractivity contribution in [1.82, 2.24) is 10.9 Å². The molecule has 0 amide bonds. The first kappa shape index (κ1) is 5.69. The van der Waals surface area contributed by atoms with Gasteiger partial charge in [-0.1, -0.05) is 12.8 Å². The maximum atomic E-state index is 3.38. The summed E-state index contributed by atoms with van der Waals surface area (Å²) in [5.41, 5.74) is 7.11. The fourth-order valence-electron chi connectivity index (χ4n) is 2.04. The average molecular weight is 126 g/mol. The summed E-state index contributed by atoms with van der Waals surface area (Å²) in [5, 5.41) is 0. The van der Waals surface area contributed by atoms with E-state index in [4.69, 9.17) is 0 Å². The third-order valence-corrected chi connectivity index (χ3v) is 2.64. The largest absolute Gasteiger partial charge is 0.257 e. The van der Waals surface area contributed by atoms with Crippen LogP contribution in [0, 0.1) is 0 Å². The Kier molecular flexibility index (Phi) is 1.24. The molecule has 1 saturated carbocycles. The second-order valence-corrected chi connectivity index (χ2v) is 3.29. The highest BCUT2D eigenvalue weighted by atomic mass is 15.4. The topological polar surface area (TPSA) is 24.1 Å². The van der Waals surface area contributed by atoms with E-state index in [-0.39, 0.29) is 0 Å². The van der Waals surface area contributed by atoms with Crippen LogP contribution in [0.15, 0.2) is 0 Å². The van der Waals surface area contributed by atoms with Gasteiger partial charge in [-0.3, -0.25) is 10.9 Å². The van der Waals surface area contributed by atoms with Crippen molar-refractivity contribution in [2.24, 2.45) is 0 Å². The Labute approximate surface area is 56.0 Å². The molecule has 0 aromatic rings. The van der Waals surface area contributed by atoms with E-state index in [2.05, 4.69) is 10.9 Å². The molecule has 2 aliphatic rings. The summed E-state index contributed by atoms with van der Waals surface area (Å²) in [6.07, 6.45) is 6.97. The lowest BCUT2D eigenvalue weighted by atomic mass is 9.96. The van der Waals surface area contributed by atoms with E-state index in [1.165, 1.54) is 38.6 Å². The van der Waals surface area contributed by atoms with Gasteiger partial charge < -0.3 is 0 Å². The number of hydrogen-bond donors (Lipinski definition) is 2. The highest BCUT2D eigenvalue weighted by Gasteiger charge is 2.35. The molecule has 2 nitrogen and oxygen atoms in total. The molecule has 0 unspecified atom stereocenters. The third-order valence-electron chi connectivity index (χ3n) is 2.64. The van der Waals surface area contributed by atoms with Gasteiger partial charge in [-0.15, -0.1) is 0 Å². The predicted octanol–water partition coefficient (Wildman–Crippen LogP) is 0.797. The van der Waals surface area contributed by atoms with Crippen LogP contribution in [-0.2, 0) is 0 Å². The molecule has 1 heterocycles. The van der Waals surface area contributed by atoms with E-state index in [1.54, 1.807) is 0 Å². The minimum Gasteiger partial charge on any atom is -0.257 e. The lowest BCUT2D eigenvalue weighted by Crippen LogP contribution is -2.40. The van der Waals surface area contributed by atoms with Crippen molar-refractivity contribution in [3.63, 3.8) is 0 Å². The first-order valence-corrected chi connectivity index (χ1v) is 3.91. The summed E-state index contributed by atoms with van der Waals surface area (Å²) in [4.78, 5) is 0. The molecule has 2 fully saturated rings. The van der Waals surface area contributed by atoms with E-state index in [0.717, 1.165) is 0 Å². The maximum absolute atomic E-state index is 3.38. The van der Waals surface area contributed by atoms with Crippen LogP contribution in [0.3, 0.4) is 0 Å². The van der Waals surface area contributed by atoms with Crippen molar-refractivity contribution in [2.75, 3.05) is 6.54 Å². The van der Waals surface area contributed by atoms with Crippen LogP contribution in [-0.4, -0.2) is 12.1 Å². The molecule has 0 atom stereocenters. The Morgan fingerprint density at radius 3 is 2.33 bits per heavy atom. The standard InChI is InChI=1S/C7H14N2/c1-2-4-7(3-1)5-6-8-9-7/h8-9H,1-6H2. The minimum atomic E-state index is 0.528. The Morgan fingerprint density at radius 2 is 1.78 bits per heavy atom. The quantitative estimate of drug-likeness (QED) is 0.501. The van der Waals surface area contributed by atoms with Crippen LogP contribution < -0.4 is 10.9 Å². The first-order chi connectivity index (χ1) is 4.41. The van der Waals surface area contributed by atoms with Crippen molar-refractivity contribution < 1.29 is 0 Å². The van der Waals surface area contributed by atoms with Crippen LogP contribution in [0.4, 0.5) is 0 Å². The van der Waals surface area contributed by atoms with Crippen LogP contribution >= 0.6 is 0 Å². The molecule has 2 rings (SSSR count). The van der Waals surface area contributed by atoms with Crippen LogP contribution in [0.1, 0.15) is 32.1 Å². The lowest BCUT2D eigenvalue weighted by Gasteiger charge is -2.20. The number of nitrogens with one attached hydrogen (secondary N) is 2. The smallest absolute Gasteiger partial charge is 0.0336 e. The van der Waals surface area contributed by atoms with Crippen molar-refractivity contribution in [3.8, 4) is 0 Å². The summed E-state index contributed by atoms with van der Waals surface area (Å²) >= 11 is 0. The average Bonchev–Trinajstić information content (AvgIpc) is 2.45. The fraction of sp³-hybridized carbons (Fsp3) is 1.00. The second-order valence-electron chi connectivity index (χ2n) is 3.29. The molecule has 9 heavy (non-hydrogen) atoms. The highest BCUT2D eigenvalue weighted by Crippen LogP contribution is 2.33. The van der Waals surface area contributed by atoms with Gasteiger partial charge in [-0.05, 0) is 19.3 Å².